The van der Waals surface area contributed by atoms with Gasteiger partial charge in [0, 0.05) is 6.54 Å². The van der Waals surface area contributed by atoms with Gasteiger partial charge in [-0.1, -0.05) is 13.8 Å². The highest BCUT2D eigenvalue weighted by atomic mass is 16.5. The predicted molar refractivity (Wildman–Crippen MR) is 98.9 cm³/mol. The zero-order chi connectivity index (χ0) is 19.7. The van der Waals surface area contributed by atoms with Gasteiger partial charge >= 0.3 is 5.97 Å². The molecule has 0 N–H and O–H groups in total. The lowest BCUT2D eigenvalue weighted by Crippen LogP contribution is -2.45. The minimum Gasteiger partial charge on any atom is -0.496 e. The molecule has 1 fully saturated rings. The number of hydrogen-bond donors (Lipinski definition) is 0. The molecule has 1 amide bonds. The molecule has 2 aliphatic rings. The molecule has 146 valence electrons. The average Bonchev–Trinajstić information content (AvgIpc) is 2.98. The Morgan fingerprint density at radius 3 is 2.48 bits per heavy atom. The van der Waals surface area contributed by atoms with E-state index >= 15 is 0 Å². The molecule has 1 unspecified atom stereocenters. The number of esters is 1. The lowest BCUT2D eigenvalue weighted by Gasteiger charge is -2.27. The molecule has 7 nitrogen and oxygen atoms in total. The van der Waals surface area contributed by atoms with E-state index in [1.807, 2.05) is 19.9 Å². The number of ether oxygens (including phenoxy) is 4. The fraction of sp³-hybridized carbons (Fsp3) is 0.500. The van der Waals surface area contributed by atoms with Crippen LogP contribution in [0.1, 0.15) is 25.8 Å². The summed E-state index contributed by atoms with van der Waals surface area (Å²) in [6.45, 7) is 4.32. The van der Waals surface area contributed by atoms with Crippen LogP contribution < -0.4 is 14.2 Å². The first-order chi connectivity index (χ1) is 12.9. The summed E-state index contributed by atoms with van der Waals surface area (Å²) in [5, 5.41) is 0. The predicted octanol–water partition coefficient (Wildman–Crippen LogP) is 2.28. The molecule has 27 heavy (non-hydrogen) atoms. The number of carbonyl (C=O) groups is 2. The number of likely N-dealkylation sites (tertiary alicyclic amines) is 1. The molecular formula is C20H25NO6. The summed E-state index contributed by atoms with van der Waals surface area (Å²) >= 11 is 0. The van der Waals surface area contributed by atoms with Crippen LogP contribution in [0.25, 0.3) is 6.08 Å². The lowest BCUT2D eigenvalue weighted by atomic mass is 10.0. The number of fused-ring (bicyclic) bond motifs is 2. The van der Waals surface area contributed by atoms with Crippen molar-refractivity contribution >= 4 is 18.0 Å². The van der Waals surface area contributed by atoms with Crippen molar-refractivity contribution in [2.75, 3.05) is 27.9 Å². The SMILES string of the molecule is COC(=O)C(CC(C)C)N1CC2=Cc3c(OC)ccc(OC)c3O[C@@H]2C1=O. The van der Waals surface area contributed by atoms with Crippen molar-refractivity contribution in [3.8, 4) is 17.2 Å². The number of carbonyl (C=O) groups excluding carboxylic acids is 2. The Morgan fingerprint density at radius 1 is 1.22 bits per heavy atom. The van der Waals surface area contributed by atoms with E-state index in [4.69, 9.17) is 18.9 Å². The van der Waals surface area contributed by atoms with Gasteiger partial charge in [-0.05, 0) is 36.1 Å². The maximum Gasteiger partial charge on any atom is 0.328 e. The van der Waals surface area contributed by atoms with Crippen molar-refractivity contribution in [1.29, 1.82) is 0 Å². The first kappa shape index (κ1) is 19.1. The number of nitrogens with zero attached hydrogens (tertiary/aromatic N) is 1. The largest absolute Gasteiger partial charge is 0.496 e. The first-order valence-electron chi connectivity index (χ1n) is 8.91. The van der Waals surface area contributed by atoms with E-state index in [2.05, 4.69) is 0 Å². The molecule has 2 heterocycles. The summed E-state index contributed by atoms with van der Waals surface area (Å²) in [6.07, 6.45) is 1.66. The van der Waals surface area contributed by atoms with Gasteiger partial charge in [-0.2, -0.15) is 0 Å². The minimum atomic E-state index is -0.766. The van der Waals surface area contributed by atoms with Gasteiger partial charge in [0.2, 0.25) is 6.10 Å². The molecular weight excluding hydrogens is 350 g/mol. The lowest BCUT2D eigenvalue weighted by molar-refractivity contribution is -0.153. The zero-order valence-corrected chi connectivity index (χ0v) is 16.3. The summed E-state index contributed by atoms with van der Waals surface area (Å²) < 4.78 is 21.7. The van der Waals surface area contributed by atoms with Crippen molar-refractivity contribution < 1.29 is 28.5 Å². The van der Waals surface area contributed by atoms with Crippen molar-refractivity contribution in [3.63, 3.8) is 0 Å². The Hall–Kier alpha value is -2.70. The van der Waals surface area contributed by atoms with Crippen molar-refractivity contribution in [2.24, 2.45) is 5.92 Å². The van der Waals surface area contributed by atoms with Gasteiger partial charge in [-0.15, -0.1) is 0 Å². The van der Waals surface area contributed by atoms with Gasteiger partial charge in [0.15, 0.2) is 11.5 Å². The third kappa shape index (κ3) is 3.34. The van der Waals surface area contributed by atoms with Gasteiger partial charge in [0.25, 0.3) is 5.91 Å². The number of benzene rings is 1. The van der Waals surface area contributed by atoms with Crippen LogP contribution >= 0.6 is 0 Å². The van der Waals surface area contributed by atoms with Gasteiger partial charge in [0.05, 0.1) is 26.9 Å². The first-order valence-corrected chi connectivity index (χ1v) is 8.91. The highest BCUT2D eigenvalue weighted by Gasteiger charge is 2.46. The van der Waals surface area contributed by atoms with Crippen LogP contribution in [0.4, 0.5) is 0 Å². The monoisotopic (exact) mass is 375 g/mol. The Labute approximate surface area is 158 Å². The second-order valence-electron chi connectivity index (χ2n) is 7.06. The Balaban J connectivity index is 1.97. The molecule has 0 spiro atoms. The van der Waals surface area contributed by atoms with Crippen LogP contribution in [0.2, 0.25) is 0 Å². The quantitative estimate of drug-likeness (QED) is 0.710. The molecule has 0 aliphatic carbocycles. The summed E-state index contributed by atoms with van der Waals surface area (Å²) in [5.41, 5.74) is 1.52. The third-order valence-electron chi connectivity index (χ3n) is 4.87. The van der Waals surface area contributed by atoms with Crippen molar-refractivity contribution in [2.45, 2.75) is 32.4 Å². The number of methoxy groups -OCH3 is 3. The van der Waals surface area contributed by atoms with Gasteiger partial charge < -0.3 is 23.8 Å². The van der Waals surface area contributed by atoms with E-state index in [0.29, 0.717) is 30.2 Å². The minimum absolute atomic E-state index is 0.233. The fourth-order valence-corrected chi connectivity index (χ4v) is 3.57. The molecule has 0 radical (unpaired) electrons. The molecule has 7 heteroatoms. The Kier molecular flexibility index (Phi) is 5.30. The number of hydrogen-bond acceptors (Lipinski definition) is 6. The number of rotatable bonds is 6. The summed E-state index contributed by atoms with van der Waals surface area (Å²) in [6, 6.07) is 2.90. The van der Waals surface area contributed by atoms with E-state index < -0.39 is 18.1 Å². The summed E-state index contributed by atoms with van der Waals surface area (Å²) in [5.74, 6) is 1.21. The maximum atomic E-state index is 13.0. The molecule has 1 aromatic rings. The molecule has 0 aromatic heterocycles. The van der Waals surface area contributed by atoms with Gasteiger partial charge in [-0.25, -0.2) is 4.79 Å². The second kappa shape index (κ2) is 7.50. The molecule has 0 bridgehead atoms. The molecule has 0 saturated carbocycles. The van der Waals surface area contributed by atoms with Crippen molar-refractivity contribution in [1.82, 2.24) is 4.90 Å². The van der Waals surface area contributed by atoms with E-state index in [-0.39, 0.29) is 11.8 Å². The Morgan fingerprint density at radius 2 is 1.89 bits per heavy atom. The average molecular weight is 375 g/mol. The van der Waals surface area contributed by atoms with Gasteiger partial charge in [-0.3, -0.25) is 4.79 Å². The molecule has 2 aliphatic heterocycles. The van der Waals surface area contributed by atoms with E-state index in [1.165, 1.54) is 7.11 Å². The normalized spacial score (nSPS) is 19.0. The molecule has 3 rings (SSSR count). The van der Waals surface area contributed by atoms with E-state index in [1.54, 1.807) is 31.3 Å². The summed E-state index contributed by atoms with van der Waals surface area (Å²) in [4.78, 5) is 26.9. The Bertz CT molecular complexity index is 785. The highest BCUT2D eigenvalue weighted by Crippen LogP contribution is 2.45. The second-order valence-corrected chi connectivity index (χ2v) is 7.06. The zero-order valence-electron chi connectivity index (χ0n) is 16.3. The molecule has 2 atom stereocenters. The van der Waals surface area contributed by atoms with Gasteiger partial charge in [0.1, 0.15) is 11.8 Å². The van der Waals surface area contributed by atoms with E-state index in [0.717, 1.165) is 11.1 Å². The number of amides is 1. The topological polar surface area (TPSA) is 74.3 Å². The van der Waals surface area contributed by atoms with Crippen LogP contribution in [0.5, 0.6) is 17.2 Å². The smallest absolute Gasteiger partial charge is 0.328 e. The van der Waals surface area contributed by atoms with Crippen LogP contribution in [0.3, 0.4) is 0 Å². The van der Waals surface area contributed by atoms with Crippen LogP contribution in [-0.4, -0.2) is 56.8 Å². The standard InChI is InChI=1S/C20H25NO6/c1-11(2)8-14(20(23)26-5)21-10-12-9-13-15(24-3)6-7-16(25-4)18(13)27-17(12)19(21)22/h6-7,9,11,14,17H,8,10H2,1-5H3/t14?,17-/m0/s1. The van der Waals surface area contributed by atoms with Crippen LogP contribution in [0, 0.1) is 5.92 Å². The van der Waals surface area contributed by atoms with Crippen LogP contribution in [0.15, 0.2) is 17.7 Å². The summed E-state index contributed by atoms with van der Waals surface area (Å²) in [7, 11) is 4.46. The van der Waals surface area contributed by atoms with E-state index in [9.17, 15) is 9.59 Å². The maximum absolute atomic E-state index is 13.0. The highest BCUT2D eigenvalue weighted by molar-refractivity contribution is 5.95. The molecule has 1 saturated heterocycles. The van der Waals surface area contributed by atoms with Crippen LogP contribution in [-0.2, 0) is 14.3 Å². The molecule has 1 aromatic carbocycles. The van der Waals surface area contributed by atoms with Crippen molar-refractivity contribution in [3.05, 3.63) is 23.3 Å². The fourth-order valence-electron chi connectivity index (χ4n) is 3.57. The third-order valence-corrected chi connectivity index (χ3v) is 4.87.